The summed E-state index contributed by atoms with van der Waals surface area (Å²) < 4.78 is 13.5. The molecular weight excluding hydrogens is 343 g/mol. The standard InChI is InChI=1S/C22H19FN2O2/c23-17-8-4-5-15(13-17)14-25(18-9-10-18)22(27)19-11-12-20(24-21(19)26)16-6-2-1-3-7-16/h1-8,11-13,18H,9-10,14H2,(H,24,26). The largest absolute Gasteiger partial charge is 0.331 e. The molecule has 1 N–H and O–H groups in total. The third-order valence-corrected chi connectivity index (χ3v) is 4.72. The first-order valence-corrected chi connectivity index (χ1v) is 8.96. The van der Waals surface area contributed by atoms with Gasteiger partial charge in [-0.1, -0.05) is 42.5 Å². The average molecular weight is 362 g/mol. The van der Waals surface area contributed by atoms with Gasteiger partial charge in [-0.3, -0.25) is 9.59 Å². The first kappa shape index (κ1) is 17.2. The number of benzene rings is 2. The van der Waals surface area contributed by atoms with E-state index in [1.165, 1.54) is 12.1 Å². The zero-order chi connectivity index (χ0) is 18.8. The van der Waals surface area contributed by atoms with Gasteiger partial charge >= 0.3 is 0 Å². The molecule has 1 fully saturated rings. The number of rotatable bonds is 5. The lowest BCUT2D eigenvalue weighted by molar-refractivity contribution is 0.0728. The van der Waals surface area contributed by atoms with E-state index < -0.39 is 5.56 Å². The van der Waals surface area contributed by atoms with Crippen LogP contribution in [0.5, 0.6) is 0 Å². The van der Waals surface area contributed by atoms with Crippen LogP contribution in [0.15, 0.2) is 71.5 Å². The number of pyridine rings is 1. The minimum Gasteiger partial charge on any atom is -0.331 e. The van der Waals surface area contributed by atoms with E-state index in [0.29, 0.717) is 17.8 Å². The van der Waals surface area contributed by atoms with Gasteiger partial charge in [0.25, 0.3) is 11.5 Å². The number of hydrogen-bond acceptors (Lipinski definition) is 2. The number of nitrogens with one attached hydrogen (secondary N) is 1. The molecule has 3 aromatic rings. The predicted octanol–water partition coefficient (Wildman–Crippen LogP) is 3.99. The summed E-state index contributed by atoms with van der Waals surface area (Å²) in [5.41, 5.74) is 1.96. The maximum atomic E-state index is 13.5. The van der Waals surface area contributed by atoms with Crippen LogP contribution >= 0.6 is 0 Å². The Bertz CT molecular complexity index is 1030. The molecule has 0 saturated heterocycles. The van der Waals surface area contributed by atoms with Crippen molar-refractivity contribution in [3.63, 3.8) is 0 Å². The number of halogens is 1. The van der Waals surface area contributed by atoms with Gasteiger partial charge < -0.3 is 9.88 Å². The van der Waals surface area contributed by atoms with Crippen molar-refractivity contribution in [2.75, 3.05) is 0 Å². The summed E-state index contributed by atoms with van der Waals surface area (Å²) in [5, 5.41) is 0. The van der Waals surface area contributed by atoms with Crippen LogP contribution in [-0.2, 0) is 6.54 Å². The van der Waals surface area contributed by atoms with E-state index in [4.69, 9.17) is 0 Å². The van der Waals surface area contributed by atoms with Gasteiger partial charge in [0.15, 0.2) is 0 Å². The van der Waals surface area contributed by atoms with Crippen molar-refractivity contribution < 1.29 is 9.18 Å². The molecule has 27 heavy (non-hydrogen) atoms. The molecule has 0 aliphatic heterocycles. The second-order valence-corrected chi connectivity index (χ2v) is 6.77. The molecule has 1 aromatic heterocycles. The predicted molar refractivity (Wildman–Crippen MR) is 102 cm³/mol. The smallest absolute Gasteiger partial charge is 0.261 e. The summed E-state index contributed by atoms with van der Waals surface area (Å²) in [4.78, 5) is 30.0. The Hall–Kier alpha value is -3.21. The van der Waals surface area contributed by atoms with Crippen LogP contribution in [0.4, 0.5) is 4.39 Å². The van der Waals surface area contributed by atoms with Crippen LogP contribution in [0.1, 0.15) is 28.8 Å². The molecule has 1 amide bonds. The Balaban J connectivity index is 1.61. The van der Waals surface area contributed by atoms with Crippen molar-refractivity contribution in [3.05, 3.63) is 94.0 Å². The summed E-state index contributed by atoms with van der Waals surface area (Å²) in [6.45, 7) is 0.293. The molecule has 4 rings (SSSR count). The summed E-state index contributed by atoms with van der Waals surface area (Å²) in [6.07, 6.45) is 1.81. The second-order valence-electron chi connectivity index (χ2n) is 6.77. The lowest BCUT2D eigenvalue weighted by atomic mass is 10.1. The van der Waals surface area contributed by atoms with Crippen molar-refractivity contribution in [1.29, 1.82) is 0 Å². The molecule has 136 valence electrons. The van der Waals surface area contributed by atoms with Gasteiger partial charge in [0.05, 0.1) is 0 Å². The normalized spacial score (nSPS) is 13.4. The molecule has 1 aliphatic rings. The van der Waals surface area contributed by atoms with Gasteiger partial charge in [-0.25, -0.2) is 4.39 Å². The lowest BCUT2D eigenvalue weighted by Crippen LogP contribution is -2.36. The van der Waals surface area contributed by atoms with Crippen molar-refractivity contribution in [2.45, 2.75) is 25.4 Å². The zero-order valence-electron chi connectivity index (χ0n) is 14.7. The Morgan fingerprint density at radius 3 is 2.48 bits per heavy atom. The molecule has 1 saturated carbocycles. The highest BCUT2D eigenvalue weighted by Gasteiger charge is 2.34. The van der Waals surface area contributed by atoms with Gasteiger partial charge in [-0.2, -0.15) is 0 Å². The lowest BCUT2D eigenvalue weighted by Gasteiger charge is -2.22. The van der Waals surface area contributed by atoms with Crippen molar-refractivity contribution in [1.82, 2.24) is 9.88 Å². The van der Waals surface area contributed by atoms with Crippen LogP contribution in [0.3, 0.4) is 0 Å². The average Bonchev–Trinajstić information content (AvgIpc) is 3.51. The molecule has 0 spiro atoms. The Labute approximate surface area is 156 Å². The Morgan fingerprint density at radius 2 is 1.81 bits per heavy atom. The number of aromatic nitrogens is 1. The number of amides is 1. The topological polar surface area (TPSA) is 53.2 Å². The van der Waals surface area contributed by atoms with E-state index in [0.717, 1.165) is 18.4 Å². The highest BCUT2D eigenvalue weighted by molar-refractivity contribution is 5.94. The van der Waals surface area contributed by atoms with E-state index in [9.17, 15) is 14.0 Å². The Kier molecular flexibility index (Phi) is 4.59. The van der Waals surface area contributed by atoms with E-state index in [-0.39, 0.29) is 23.3 Å². The summed E-state index contributed by atoms with van der Waals surface area (Å²) >= 11 is 0. The Morgan fingerprint density at radius 1 is 1.04 bits per heavy atom. The molecule has 5 heteroatoms. The van der Waals surface area contributed by atoms with Crippen molar-refractivity contribution in [2.24, 2.45) is 0 Å². The number of nitrogens with zero attached hydrogens (tertiary/aromatic N) is 1. The fraction of sp³-hybridized carbons (Fsp3) is 0.182. The first-order valence-electron chi connectivity index (χ1n) is 8.96. The highest BCUT2D eigenvalue weighted by atomic mass is 19.1. The summed E-state index contributed by atoms with van der Waals surface area (Å²) in [6, 6.07) is 19.1. The number of carbonyl (C=O) groups excluding carboxylic acids is 1. The van der Waals surface area contributed by atoms with Gasteiger partial charge in [-0.05, 0) is 48.2 Å². The number of aromatic amines is 1. The molecule has 4 nitrogen and oxygen atoms in total. The van der Waals surface area contributed by atoms with E-state index in [1.54, 1.807) is 29.2 Å². The van der Waals surface area contributed by atoms with Gasteiger partial charge in [-0.15, -0.1) is 0 Å². The van der Waals surface area contributed by atoms with Gasteiger partial charge in [0.1, 0.15) is 11.4 Å². The molecule has 1 heterocycles. The summed E-state index contributed by atoms with van der Waals surface area (Å²) in [5.74, 6) is -0.650. The first-order chi connectivity index (χ1) is 13.1. The molecule has 0 atom stereocenters. The van der Waals surface area contributed by atoms with Gasteiger partial charge in [0.2, 0.25) is 0 Å². The number of H-pyrrole nitrogens is 1. The third-order valence-electron chi connectivity index (χ3n) is 4.72. The monoisotopic (exact) mass is 362 g/mol. The van der Waals surface area contributed by atoms with Crippen molar-refractivity contribution >= 4 is 5.91 Å². The van der Waals surface area contributed by atoms with E-state index in [1.807, 2.05) is 30.3 Å². The quantitative estimate of drug-likeness (QED) is 0.746. The van der Waals surface area contributed by atoms with E-state index in [2.05, 4.69) is 4.98 Å². The molecule has 1 aliphatic carbocycles. The van der Waals surface area contributed by atoms with E-state index >= 15 is 0 Å². The second kappa shape index (κ2) is 7.19. The molecule has 2 aromatic carbocycles. The van der Waals surface area contributed by atoms with Crippen LogP contribution in [0.25, 0.3) is 11.3 Å². The zero-order valence-corrected chi connectivity index (χ0v) is 14.7. The highest BCUT2D eigenvalue weighted by Crippen LogP contribution is 2.29. The molecule has 0 radical (unpaired) electrons. The maximum Gasteiger partial charge on any atom is 0.261 e. The SMILES string of the molecule is O=C(c1ccc(-c2ccccc2)[nH]c1=O)N(Cc1cccc(F)c1)C1CC1. The molecule has 0 unspecified atom stereocenters. The minimum atomic E-state index is -0.411. The fourth-order valence-electron chi connectivity index (χ4n) is 3.17. The maximum absolute atomic E-state index is 13.5. The van der Waals surface area contributed by atoms with Crippen LogP contribution < -0.4 is 5.56 Å². The van der Waals surface area contributed by atoms with Crippen molar-refractivity contribution in [3.8, 4) is 11.3 Å². The fourth-order valence-corrected chi connectivity index (χ4v) is 3.17. The third kappa shape index (κ3) is 3.82. The molecule has 0 bridgehead atoms. The number of hydrogen-bond donors (Lipinski definition) is 1. The van der Waals surface area contributed by atoms with Crippen LogP contribution in [0.2, 0.25) is 0 Å². The number of carbonyl (C=O) groups is 1. The van der Waals surface area contributed by atoms with Crippen LogP contribution in [-0.4, -0.2) is 21.8 Å². The van der Waals surface area contributed by atoms with Crippen LogP contribution in [0, 0.1) is 5.82 Å². The molecular formula is C22H19FN2O2. The summed E-state index contributed by atoms with van der Waals surface area (Å²) in [7, 11) is 0. The van der Waals surface area contributed by atoms with Gasteiger partial charge in [0, 0.05) is 18.3 Å². The minimum absolute atomic E-state index is 0.106.